The molecule has 4 rings (SSSR count). The van der Waals surface area contributed by atoms with E-state index in [1.165, 1.54) is 24.7 Å². The van der Waals surface area contributed by atoms with Gasteiger partial charge in [-0.1, -0.05) is 12.1 Å². The van der Waals surface area contributed by atoms with Crippen molar-refractivity contribution >= 4 is 16.9 Å². The lowest BCUT2D eigenvalue weighted by Gasteiger charge is -2.06. The molecule has 132 valence electrons. The minimum Gasteiger partial charge on any atom is -0.456 e. The van der Waals surface area contributed by atoms with Gasteiger partial charge in [-0.15, -0.1) is 0 Å². The van der Waals surface area contributed by atoms with Gasteiger partial charge in [-0.2, -0.15) is 0 Å². The van der Waals surface area contributed by atoms with Gasteiger partial charge in [-0.25, -0.2) is 4.79 Å². The van der Waals surface area contributed by atoms with E-state index in [-0.39, 0.29) is 28.2 Å². The number of carbonyl (C=O) groups is 1. The van der Waals surface area contributed by atoms with Crippen LogP contribution < -0.4 is 15.6 Å². The number of ether oxygens (including phenoxy) is 1. The summed E-state index contributed by atoms with van der Waals surface area (Å²) in [6, 6.07) is 12.3. The van der Waals surface area contributed by atoms with Gasteiger partial charge in [0.25, 0.3) is 0 Å². The van der Waals surface area contributed by atoms with Crippen molar-refractivity contribution < 1.29 is 13.9 Å². The molecule has 3 aromatic heterocycles. The van der Waals surface area contributed by atoms with Crippen LogP contribution in [0.2, 0.25) is 0 Å². The second-order valence-corrected chi connectivity index (χ2v) is 5.68. The smallest absolute Gasteiger partial charge is 0.346 e. The molecule has 0 aliphatic carbocycles. The van der Waals surface area contributed by atoms with Crippen LogP contribution >= 0.6 is 0 Å². The number of aromatic amines is 1. The summed E-state index contributed by atoms with van der Waals surface area (Å²) in [5, 5.41) is 0.430. The first-order chi connectivity index (χ1) is 13.1. The van der Waals surface area contributed by atoms with Crippen LogP contribution in [0.3, 0.4) is 0 Å². The van der Waals surface area contributed by atoms with E-state index in [2.05, 4.69) is 9.97 Å². The highest BCUT2D eigenvalue weighted by atomic mass is 16.5. The zero-order valence-corrected chi connectivity index (χ0v) is 13.8. The van der Waals surface area contributed by atoms with Crippen molar-refractivity contribution in [2.24, 2.45) is 0 Å². The fraction of sp³-hybridized carbons (Fsp3) is 0. The fourth-order valence-electron chi connectivity index (χ4n) is 2.58. The molecule has 0 saturated carbocycles. The molecule has 0 saturated heterocycles. The van der Waals surface area contributed by atoms with Gasteiger partial charge in [0.15, 0.2) is 10.9 Å². The van der Waals surface area contributed by atoms with Gasteiger partial charge >= 0.3 is 5.97 Å². The predicted molar refractivity (Wildman–Crippen MR) is 97.7 cm³/mol. The van der Waals surface area contributed by atoms with E-state index in [4.69, 9.17) is 9.15 Å². The van der Waals surface area contributed by atoms with E-state index in [0.717, 1.165) is 6.07 Å². The van der Waals surface area contributed by atoms with Gasteiger partial charge in [0, 0.05) is 30.7 Å². The largest absolute Gasteiger partial charge is 0.456 e. The molecule has 7 nitrogen and oxygen atoms in total. The second-order valence-electron chi connectivity index (χ2n) is 5.68. The highest BCUT2D eigenvalue weighted by Gasteiger charge is 2.13. The molecule has 27 heavy (non-hydrogen) atoms. The average Bonchev–Trinajstić information content (AvgIpc) is 2.69. The number of pyridine rings is 2. The van der Waals surface area contributed by atoms with E-state index < -0.39 is 11.4 Å². The van der Waals surface area contributed by atoms with Crippen molar-refractivity contribution in [1.29, 1.82) is 0 Å². The highest BCUT2D eigenvalue weighted by molar-refractivity contribution is 5.90. The first kappa shape index (κ1) is 16.5. The van der Waals surface area contributed by atoms with Crippen molar-refractivity contribution in [3.63, 3.8) is 0 Å². The van der Waals surface area contributed by atoms with Crippen LogP contribution in [-0.4, -0.2) is 15.9 Å². The topological polar surface area (TPSA) is 102 Å². The summed E-state index contributed by atoms with van der Waals surface area (Å²) in [4.78, 5) is 43.2. The zero-order valence-electron chi connectivity index (χ0n) is 13.8. The van der Waals surface area contributed by atoms with E-state index >= 15 is 0 Å². The number of esters is 1. The summed E-state index contributed by atoms with van der Waals surface area (Å²) < 4.78 is 10.8. The zero-order chi connectivity index (χ0) is 18.8. The molecule has 0 fully saturated rings. The van der Waals surface area contributed by atoms with Gasteiger partial charge in [-0.05, 0) is 24.3 Å². The third kappa shape index (κ3) is 3.25. The number of H-pyrrole nitrogens is 1. The van der Waals surface area contributed by atoms with E-state index in [9.17, 15) is 14.4 Å². The number of para-hydroxylation sites is 1. The quantitative estimate of drug-likeness (QED) is 0.564. The number of hydrogen-bond donors (Lipinski definition) is 1. The molecule has 7 heteroatoms. The number of hydrogen-bond acceptors (Lipinski definition) is 6. The summed E-state index contributed by atoms with van der Waals surface area (Å²) in [5.41, 5.74) is 0.0768. The van der Waals surface area contributed by atoms with Gasteiger partial charge in [-0.3, -0.25) is 14.6 Å². The Bertz CT molecular complexity index is 1260. The number of benzene rings is 1. The average molecular weight is 360 g/mol. The van der Waals surface area contributed by atoms with Crippen molar-refractivity contribution in [3.05, 3.63) is 93.1 Å². The molecule has 0 aliphatic rings. The maximum Gasteiger partial charge on any atom is 0.346 e. The molecule has 0 amide bonds. The first-order valence-corrected chi connectivity index (χ1v) is 8.00. The van der Waals surface area contributed by atoms with Crippen LogP contribution in [0, 0.1) is 0 Å². The summed E-state index contributed by atoms with van der Waals surface area (Å²) in [7, 11) is 0. The summed E-state index contributed by atoms with van der Waals surface area (Å²) in [5.74, 6) is -0.547. The van der Waals surface area contributed by atoms with Gasteiger partial charge in [0.05, 0.1) is 16.5 Å². The Labute approximate surface area is 151 Å². The maximum atomic E-state index is 12.4. The molecule has 0 unspecified atom stereocenters. The molecule has 4 aromatic rings. The minimum atomic E-state index is -0.649. The predicted octanol–water partition coefficient (Wildman–Crippen LogP) is 2.76. The monoisotopic (exact) mass is 360 g/mol. The maximum absolute atomic E-state index is 12.4. The lowest BCUT2D eigenvalue weighted by Crippen LogP contribution is -2.13. The Balaban J connectivity index is 1.67. The lowest BCUT2D eigenvalue weighted by atomic mass is 10.1. The number of fused-ring (bicyclic) bond motifs is 1. The third-order valence-electron chi connectivity index (χ3n) is 3.89. The van der Waals surface area contributed by atoms with Crippen molar-refractivity contribution in [3.8, 4) is 17.2 Å². The Morgan fingerprint density at radius 2 is 1.89 bits per heavy atom. The van der Waals surface area contributed by atoms with Gasteiger partial charge in [0.1, 0.15) is 11.3 Å². The molecule has 0 atom stereocenters. The first-order valence-electron chi connectivity index (χ1n) is 8.00. The summed E-state index contributed by atoms with van der Waals surface area (Å²) in [6.45, 7) is 0. The number of nitrogens with zero attached hydrogens (tertiary/aromatic N) is 1. The van der Waals surface area contributed by atoms with Crippen molar-refractivity contribution in [2.45, 2.75) is 0 Å². The van der Waals surface area contributed by atoms with Crippen LogP contribution in [0.25, 0.3) is 22.3 Å². The van der Waals surface area contributed by atoms with Gasteiger partial charge in [0.2, 0.25) is 5.88 Å². The molecule has 1 aromatic carbocycles. The Hall–Kier alpha value is -4.00. The summed E-state index contributed by atoms with van der Waals surface area (Å²) >= 11 is 0. The lowest BCUT2D eigenvalue weighted by molar-refractivity contribution is 0.0727. The number of aromatic nitrogens is 2. The van der Waals surface area contributed by atoms with E-state index in [1.54, 1.807) is 36.4 Å². The molecule has 0 spiro atoms. The Morgan fingerprint density at radius 3 is 2.67 bits per heavy atom. The Kier molecular flexibility index (Phi) is 4.10. The van der Waals surface area contributed by atoms with Crippen LogP contribution in [0.1, 0.15) is 10.4 Å². The fourth-order valence-corrected chi connectivity index (χ4v) is 2.58. The standard InChI is InChI=1S/C20H12N2O5/c23-15-8-18(26-17-6-2-1-5-13(15)17)14-11-22-19(9-16(14)24)27-20(25)12-4-3-7-21-10-12/h1-11H,(H,22,24). The SMILES string of the molecule is O=C(Oc1cc(=O)c(-c2cc(=O)c3ccccc3o2)c[nH]1)c1cccnc1. The van der Waals surface area contributed by atoms with Crippen molar-refractivity contribution in [1.82, 2.24) is 9.97 Å². The van der Waals surface area contributed by atoms with Gasteiger partial charge < -0.3 is 14.1 Å². The van der Waals surface area contributed by atoms with Crippen molar-refractivity contribution in [2.75, 3.05) is 0 Å². The van der Waals surface area contributed by atoms with E-state index in [1.807, 2.05) is 0 Å². The molecule has 0 radical (unpaired) electrons. The highest BCUT2D eigenvalue weighted by Crippen LogP contribution is 2.20. The molecule has 0 aliphatic heterocycles. The molecular weight excluding hydrogens is 348 g/mol. The summed E-state index contributed by atoms with van der Waals surface area (Å²) in [6.07, 6.45) is 4.23. The molecular formula is C20H12N2O5. The Morgan fingerprint density at radius 1 is 1.04 bits per heavy atom. The number of nitrogens with one attached hydrogen (secondary N) is 1. The minimum absolute atomic E-state index is 0.0271. The van der Waals surface area contributed by atoms with Crippen LogP contribution in [0.4, 0.5) is 0 Å². The molecule has 0 bridgehead atoms. The normalized spacial score (nSPS) is 10.7. The van der Waals surface area contributed by atoms with Crippen LogP contribution in [0.5, 0.6) is 5.88 Å². The molecule has 3 heterocycles. The van der Waals surface area contributed by atoms with E-state index in [0.29, 0.717) is 11.0 Å². The molecule has 1 N–H and O–H groups in total. The third-order valence-corrected chi connectivity index (χ3v) is 3.89. The van der Waals surface area contributed by atoms with Crippen LogP contribution in [0.15, 0.2) is 81.1 Å². The second kappa shape index (κ2) is 6.72. The number of carbonyl (C=O) groups excluding carboxylic acids is 1. The van der Waals surface area contributed by atoms with Crippen LogP contribution in [-0.2, 0) is 0 Å². The number of rotatable bonds is 3.